The van der Waals surface area contributed by atoms with Gasteiger partial charge >= 0.3 is 0 Å². The molecule has 0 aliphatic carbocycles. The Morgan fingerprint density at radius 2 is 1.69 bits per heavy atom. The first-order chi connectivity index (χ1) is 7.49. The average Bonchev–Trinajstić information content (AvgIpc) is 2.20. The molecule has 84 valence electrons. The SMILES string of the molecule is Cc1cc(C(F)F)nc2cc(F)c(F)cc12. The molecule has 1 heterocycles. The lowest BCUT2D eigenvalue weighted by Crippen LogP contribution is -1.95. The summed E-state index contributed by atoms with van der Waals surface area (Å²) in [5.74, 6) is -2.10. The first kappa shape index (κ1) is 10.9. The second-order valence-corrected chi connectivity index (χ2v) is 3.45. The lowest BCUT2D eigenvalue weighted by Gasteiger charge is -2.06. The van der Waals surface area contributed by atoms with Crippen LogP contribution in [0.5, 0.6) is 0 Å². The second kappa shape index (κ2) is 3.73. The molecule has 5 heteroatoms. The molecule has 0 aliphatic heterocycles. The zero-order valence-corrected chi connectivity index (χ0v) is 8.27. The van der Waals surface area contributed by atoms with Gasteiger partial charge in [0.15, 0.2) is 11.6 Å². The third-order valence-corrected chi connectivity index (χ3v) is 2.30. The van der Waals surface area contributed by atoms with Crippen molar-refractivity contribution in [1.82, 2.24) is 4.98 Å². The van der Waals surface area contributed by atoms with Crippen LogP contribution < -0.4 is 0 Å². The summed E-state index contributed by atoms with van der Waals surface area (Å²) in [5.41, 5.74) is 0.0457. The second-order valence-electron chi connectivity index (χ2n) is 3.45. The number of aryl methyl sites for hydroxylation is 1. The molecular formula is C11H7F4N. The fourth-order valence-corrected chi connectivity index (χ4v) is 1.53. The highest BCUT2D eigenvalue weighted by Gasteiger charge is 2.13. The molecule has 1 nitrogen and oxygen atoms in total. The number of hydrogen-bond donors (Lipinski definition) is 0. The van der Waals surface area contributed by atoms with Crippen LogP contribution in [0.3, 0.4) is 0 Å². The third-order valence-electron chi connectivity index (χ3n) is 2.30. The molecule has 0 saturated heterocycles. The first-order valence-electron chi connectivity index (χ1n) is 4.53. The van der Waals surface area contributed by atoms with Gasteiger partial charge in [-0.3, -0.25) is 0 Å². The molecule has 0 unspecified atom stereocenters. The minimum Gasteiger partial charge on any atom is -0.247 e. The van der Waals surface area contributed by atoms with Gasteiger partial charge in [0, 0.05) is 11.5 Å². The number of benzene rings is 1. The maximum Gasteiger partial charge on any atom is 0.280 e. The molecule has 0 aliphatic rings. The molecule has 1 aromatic carbocycles. The summed E-state index contributed by atoms with van der Waals surface area (Å²) in [6.07, 6.45) is -2.73. The Morgan fingerprint density at radius 1 is 1.06 bits per heavy atom. The van der Waals surface area contributed by atoms with Crippen LogP contribution in [0.25, 0.3) is 10.9 Å². The van der Waals surface area contributed by atoms with E-state index in [4.69, 9.17) is 0 Å². The maximum atomic E-state index is 12.9. The van der Waals surface area contributed by atoms with Crippen LogP contribution in [-0.2, 0) is 0 Å². The number of alkyl halides is 2. The lowest BCUT2D eigenvalue weighted by molar-refractivity contribution is 0.146. The highest BCUT2D eigenvalue weighted by atomic mass is 19.3. The van der Waals surface area contributed by atoms with Crippen molar-refractivity contribution in [3.8, 4) is 0 Å². The smallest absolute Gasteiger partial charge is 0.247 e. The van der Waals surface area contributed by atoms with Crippen molar-refractivity contribution >= 4 is 10.9 Å². The van der Waals surface area contributed by atoms with Gasteiger partial charge in [-0.1, -0.05) is 0 Å². The van der Waals surface area contributed by atoms with E-state index in [2.05, 4.69) is 4.98 Å². The fourth-order valence-electron chi connectivity index (χ4n) is 1.53. The maximum absolute atomic E-state index is 12.9. The average molecular weight is 229 g/mol. The van der Waals surface area contributed by atoms with Crippen LogP contribution in [0.15, 0.2) is 18.2 Å². The van der Waals surface area contributed by atoms with Crippen LogP contribution in [-0.4, -0.2) is 4.98 Å². The van der Waals surface area contributed by atoms with Crippen LogP contribution in [0.2, 0.25) is 0 Å². The predicted molar refractivity (Wildman–Crippen MR) is 51.4 cm³/mol. The number of nitrogens with zero attached hydrogens (tertiary/aromatic N) is 1. The predicted octanol–water partition coefficient (Wildman–Crippen LogP) is 3.76. The third kappa shape index (κ3) is 1.73. The van der Waals surface area contributed by atoms with E-state index in [0.29, 0.717) is 10.9 Å². The van der Waals surface area contributed by atoms with Gasteiger partial charge in [-0.05, 0) is 24.6 Å². The van der Waals surface area contributed by atoms with Crippen LogP contribution in [0.1, 0.15) is 17.7 Å². The van der Waals surface area contributed by atoms with E-state index in [1.807, 2.05) is 0 Å². The number of pyridine rings is 1. The molecule has 0 spiro atoms. The summed E-state index contributed by atoms with van der Waals surface area (Å²) < 4.78 is 50.7. The van der Waals surface area contributed by atoms with Crippen molar-refractivity contribution < 1.29 is 17.6 Å². The van der Waals surface area contributed by atoms with E-state index < -0.39 is 23.8 Å². The van der Waals surface area contributed by atoms with Gasteiger partial charge in [-0.25, -0.2) is 22.5 Å². The Kier molecular flexibility index (Phi) is 2.53. The number of halogens is 4. The molecule has 0 bridgehead atoms. The minimum absolute atomic E-state index is 0.0363. The Morgan fingerprint density at radius 3 is 2.31 bits per heavy atom. The molecule has 0 atom stereocenters. The van der Waals surface area contributed by atoms with E-state index in [-0.39, 0.29) is 5.52 Å². The topological polar surface area (TPSA) is 12.9 Å². The van der Waals surface area contributed by atoms with Crippen molar-refractivity contribution in [1.29, 1.82) is 0 Å². The van der Waals surface area contributed by atoms with Gasteiger partial charge in [0.2, 0.25) is 0 Å². The molecule has 0 fully saturated rings. The summed E-state index contributed by atoms with van der Waals surface area (Å²) in [5, 5.41) is 0.336. The van der Waals surface area contributed by atoms with E-state index in [1.54, 1.807) is 6.92 Å². The van der Waals surface area contributed by atoms with Gasteiger partial charge in [0.1, 0.15) is 5.69 Å². The zero-order valence-electron chi connectivity index (χ0n) is 8.27. The Bertz CT molecular complexity index is 551. The summed E-state index contributed by atoms with van der Waals surface area (Å²) >= 11 is 0. The van der Waals surface area contributed by atoms with Gasteiger partial charge < -0.3 is 0 Å². The van der Waals surface area contributed by atoms with Crippen molar-refractivity contribution in [2.45, 2.75) is 13.3 Å². The normalized spacial score (nSPS) is 11.4. The highest BCUT2D eigenvalue weighted by molar-refractivity contribution is 5.82. The molecule has 2 aromatic rings. The van der Waals surface area contributed by atoms with Crippen molar-refractivity contribution in [2.24, 2.45) is 0 Å². The zero-order chi connectivity index (χ0) is 11.9. The van der Waals surface area contributed by atoms with Gasteiger partial charge in [0.05, 0.1) is 5.52 Å². The number of hydrogen-bond acceptors (Lipinski definition) is 1. The molecule has 0 amide bonds. The monoisotopic (exact) mass is 229 g/mol. The van der Waals surface area contributed by atoms with Crippen molar-refractivity contribution in [2.75, 3.05) is 0 Å². The van der Waals surface area contributed by atoms with Crippen LogP contribution in [0.4, 0.5) is 17.6 Å². The van der Waals surface area contributed by atoms with Gasteiger partial charge in [-0.15, -0.1) is 0 Å². The summed E-state index contributed by atoms with van der Waals surface area (Å²) in [6, 6.07) is 2.95. The number of fused-ring (bicyclic) bond motifs is 1. The van der Waals surface area contributed by atoms with Crippen molar-refractivity contribution in [3.05, 3.63) is 41.1 Å². The molecule has 2 rings (SSSR count). The minimum atomic E-state index is -2.73. The Hall–Kier alpha value is -1.65. The van der Waals surface area contributed by atoms with Crippen molar-refractivity contribution in [3.63, 3.8) is 0 Å². The summed E-state index contributed by atoms with van der Waals surface area (Å²) in [7, 11) is 0. The van der Waals surface area contributed by atoms with Crippen LogP contribution >= 0.6 is 0 Å². The summed E-state index contributed by atoms with van der Waals surface area (Å²) in [6.45, 7) is 1.55. The Balaban J connectivity index is 2.77. The van der Waals surface area contributed by atoms with E-state index in [0.717, 1.165) is 12.1 Å². The molecule has 0 N–H and O–H groups in total. The molecule has 0 radical (unpaired) electrons. The molecule has 0 saturated carbocycles. The van der Waals surface area contributed by atoms with Crippen LogP contribution in [0, 0.1) is 18.6 Å². The molecular weight excluding hydrogens is 222 g/mol. The van der Waals surface area contributed by atoms with E-state index in [1.165, 1.54) is 6.07 Å². The standard InChI is InChI=1S/C11H7F4N/c1-5-2-10(11(14)15)16-9-4-8(13)7(12)3-6(5)9/h2-4,11H,1H3. The number of rotatable bonds is 1. The fraction of sp³-hybridized carbons (Fsp3) is 0.182. The lowest BCUT2D eigenvalue weighted by atomic mass is 10.1. The largest absolute Gasteiger partial charge is 0.280 e. The molecule has 16 heavy (non-hydrogen) atoms. The van der Waals surface area contributed by atoms with Gasteiger partial charge in [-0.2, -0.15) is 0 Å². The summed E-state index contributed by atoms with van der Waals surface area (Å²) in [4.78, 5) is 3.58. The highest BCUT2D eigenvalue weighted by Crippen LogP contribution is 2.25. The van der Waals surface area contributed by atoms with E-state index >= 15 is 0 Å². The van der Waals surface area contributed by atoms with Gasteiger partial charge in [0.25, 0.3) is 6.43 Å². The number of aromatic nitrogens is 1. The first-order valence-corrected chi connectivity index (χ1v) is 4.53. The van der Waals surface area contributed by atoms with E-state index in [9.17, 15) is 17.6 Å². The Labute approximate surface area is 88.7 Å². The molecule has 1 aromatic heterocycles. The quantitative estimate of drug-likeness (QED) is 0.678.